The molecule has 0 aromatic carbocycles. The van der Waals surface area contributed by atoms with E-state index in [0.29, 0.717) is 17.6 Å². The van der Waals surface area contributed by atoms with Gasteiger partial charge in [-0.1, -0.05) is 29.8 Å². The van der Waals surface area contributed by atoms with Crippen LogP contribution >= 0.6 is 15.9 Å². The SMILES string of the molecule is COC(=O)[C@H]1CC[C@]2(C)C3CC[C@]4(C)C(=O)[C@H](Br)CC4C3[C@@H](O)C[C@@H]2C1. The number of hydrogen-bond acceptors (Lipinski definition) is 4. The predicted molar refractivity (Wildman–Crippen MR) is 102 cm³/mol. The van der Waals surface area contributed by atoms with E-state index in [0.717, 1.165) is 44.9 Å². The van der Waals surface area contributed by atoms with Gasteiger partial charge in [-0.05, 0) is 74.0 Å². The third-order valence-corrected chi connectivity index (χ3v) is 9.71. The summed E-state index contributed by atoms with van der Waals surface area (Å²) in [5, 5.41) is 11.1. The van der Waals surface area contributed by atoms with Crippen molar-refractivity contribution >= 4 is 27.7 Å². The number of Topliss-reactive ketones (excluding diaryl/α,β-unsaturated/α-hetero) is 1. The lowest BCUT2D eigenvalue weighted by Gasteiger charge is -2.61. The minimum absolute atomic E-state index is 0.0179. The number of aliphatic hydroxyl groups is 1. The summed E-state index contributed by atoms with van der Waals surface area (Å²) in [6.07, 6.45) is 5.99. The molecular formula is C21H31BrO4. The molecule has 5 heteroatoms. The summed E-state index contributed by atoms with van der Waals surface area (Å²) in [6.45, 7) is 4.52. The van der Waals surface area contributed by atoms with E-state index in [1.165, 1.54) is 7.11 Å². The average Bonchev–Trinajstić information content (AvgIpc) is 2.85. The predicted octanol–water partition coefficient (Wildman–Crippen LogP) is 3.73. The van der Waals surface area contributed by atoms with Gasteiger partial charge in [-0.3, -0.25) is 9.59 Å². The molecule has 3 unspecified atom stereocenters. The Labute approximate surface area is 164 Å². The lowest BCUT2D eigenvalue weighted by molar-refractivity contribution is -0.174. The molecule has 0 heterocycles. The molecule has 4 aliphatic carbocycles. The fourth-order valence-corrected chi connectivity index (χ4v) is 8.28. The molecule has 0 bridgehead atoms. The number of rotatable bonds is 1. The summed E-state index contributed by atoms with van der Waals surface area (Å²) in [5.41, 5.74) is -0.105. The molecule has 146 valence electrons. The Morgan fingerprint density at radius 1 is 1.15 bits per heavy atom. The molecule has 4 saturated carbocycles. The smallest absolute Gasteiger partial charge is 0.308 e. The molecule has 1 N–H and O–H groups in total. The number of aliphatic hydroxyl groups excluding tert-OH is 1. The number of carbonyl (C=O) groups is 2. The average molecular weight is 427 g/mol. The van der Waals surface area contributed by atoms with Crippen LogP contribution in [0.4, 0.5) is 0 Å². The van der Waals surface area contributed by atoms with Crippen molar-refractivity contribution in [3.05, 3.63) is 0 Å². The Morgan fingerprint density at radius 2 is 1.88 bits per heavy atom. The molecule has 4 aliphatic rings. The van der Waals surface area contributed by atoms with Crippen LogP contribution in [0.25, 0.3) is 0 Å². The second-order valence-corrected chi connectivity index (χ2v) is 10.9. The standard InChI is InChI=1S/C21H31BrO4/c1-20-6-4-11(19(25)26-3)8-12(20)9-16(23)17-13(20)5-7-21(2)14(17)10-15(22)18(21)24/h11-17,23H,4-10H2,1-3H3/t11-,12-,13?,14?,15+,16-,17?,20-,21-/m0/s1. The van der Waals surface area contributed by atoms with Crippen LogP contribution in [-0.4, -0.2) is 34.9 Å². The number of hydrogen-bond donors (Lipinski definition) is 1. The van der Waals surface area contributed by atoms with Crippen molar-refractivity contribution in [3.8, 4) is 0 Å². The number of esters is 1. The number of halogens is 1. The molecule has 0 radical (unpaired) electrons. The van der Waals surface area contributed by atoms with E-state index >= 15 is 0 Å². The third kappa shape index (κ3) is 2.48. The van der Waals surface area contributed by atoms with E-state index in [2.05, 4.69) is 29.8 Å². The van der Waals surface area contributed by atoms with Crippen LogP contribution in [0.1, 0.15) is 58.8 Å². The van der Waals surface area contributed by atoms with Gasteiger partial charge in [0, 0.05) is 5.41 Å². The Hall–Kier alpha value is -0.420. The van der Waals surface area contributed by atoms with Gasteiger partial charge in [-0.15, -0.1) is 0 Å². The third-order valence-electron chi connectivity index (χ3n) is 8.92. The van der Waals surface area contributed by atoms with E-state index in [4.69, 9.17) is 4.74 Å². The zero-order valence-electron chi connectivity index (χ0n) is 16.0. The number of ketones is 1. The van der Waals surface area contributed by atoms with Crippen LogP contribution in [0.3, 0.4) is 0 Å². The van der Waals surface area contributed by atoms with E-state index in [1.807, 2.05) is 0 Å². The maximum Gasteiger partial charge on any atom is 0.308 e. The number of carbonyl (C=O) groups excluding carboxylic acids is 2. The fraction of sp³-hybridized carbons (Fsp3) is 0.905. The maximum absolute atomic E-state index is 12.8. The van der Waals surface area contributed by atoms with Crippen LogP contribution in [0.5, 0.6) is 0 Å². The zero-order valence-corrected chi connectivity index (χ0v) is 17.6. The number of methoxy groups -OCH3 is 1. The molecular weight excluding hydrogens is 396 g/mol. The summed E-state index contributed by atoms with van der Waals surface area (Å²) in [7, 11) is 1.47. The van der Waals surface area contributed by atoms with Gasteiger partial charge in [0.25, 0.3) is 0 Å². The topological polar surface area (TPSA) is 63.6 Å². The van der Waals surface area contributed by atoms with Crippen molar-refractivity contribution < 1.29 is 19.4 Å². The molecule has 0 spiro atoms. The molecule has 4 rings (SSSR count). The van der Waals surface area contributed by atoms with Crippen LogP contribution in [-0.2, 0) is 14.3 Å². The highest BCUT2D eigenvalue weighted by molar-refractivity contribution is 9.10. The molecule has 0 aromatic heterocycles. The van der Waals surface area contributed by atoms with Gasteiger partial charge in [-0.25, -0.2) is 0 Å². The Bertz CT molecular complexity index is 621. The van der Waals surface area contributed by atoms with Gasteiger partial charge in [0.1, 0.15) is 0 Å². The summed E-state index contributed by atoms with van der Waals surface area (Å²) in [4.78, 5) is 24.8. The highest BCUT2D eigenvalue weighted by atomic mass is 79.9. The molecule has 0 saturated heterocycles. The van der Waals surface area contributed by atoms with Crippen molar-refractivity contribution in [1.82, 2.24) is 0 Å². The fourth-order valence-electron chi connectivity index (χ4n) is 7.36. The monoisotopic (exact) mass is 426 g/mol. The van der Waals surface area contributed by atoms with Crippen LogP contribution in [0, 0.1) is 40.4 Å². The quantitative estimate of drug-likeness (QED) is 0.512. The second kappa shape index (κ2) is 6.30. The maximum atomic E-state index is 12.8. The molecule has 9 atom stereocenters. The Kier molecular flexibility index (Phi) is 4.58. The Balaban J connectivity index is 1.62. The highest BCUT2D eigenvalue weighted by Crippen LogP contribution is 2.66. The lowest BCUT2D eigenvalue weighted by atomic mass is 9.44. The van der Waals surface area contributed by atoms with Crippen LogP contribution < -0.4 is 0 Å². The van der Waals surface area contributed by atoms with Gasteiger partial charge in [0.2, 0.25) is 0 Å². The van der Waals surface area contributed by atoms with Crippen LogP contribution in [0.15, 0.2) is 0 Å². The van der Waals surface area contributed by atoms with Gasteiger partial charge in [0.05, 0.1) is 24.0 Å². The van der Waals surface area contributed by atoms with Gasteiger partial charge in [-0.2, -0.15) is 0 Å². The molecule has 0 aliphatic heterocycles. The number of ether oxygens (including phenoxy) is 1. The van der Waals surface area contributed by atoms with E-state index in [9.17, 15) is 14.7 Å². The minimum atomic E-state index is -0.357. The molecule has 4 nitrogen and oxygen atoms in total. The molecule has 26 heavy (non-hydrogen) atoms. The molecule has 4 fully saturated rings. The van der Waals surface area contributed by atoms with E-state index < -0.39 is 0 Å². The summed E-state index contributed by atoms with van der Waals surface area (Å²) in [6, 6.07) is 0. The molecule has 0 aromatic rings. The highest BCUT2D eigenvalue weighted by Gasteiger charge is 2.64. The molecule has 0 amide bonds. The first-order valence-electron chi connectivity index (χ1n) is 10.2. The largest absolute Gasteiger partial charge is 0.469 e. The number of fused-ring (bicyclic) bond motifs is 5. The first-order valence-corrected chi connectivity index (χ1v) is 11.1. The van der Waals surface area contributed by atoms with Crippen molar-refractivity contribution in [1.29, 1.82) is 0 Å². The Morgan fingerprint density at radius 3 is 2.58 bits per heavy atom. The summed E-state index contributed by atoms with van der Waals surface area (Å²) in [5.74, 6) is 1.56. The summed E-state index contributed by atoms with van der Waals surface area (Å²) < 4.78 is 4.99. The van der Waals surface area contributed by atoms with Gasteiger partial charge >= 0.3 is 5.97 Å². The van der Waals surface area contributed by atoms with Crippen molar-refractivity contribution in [2.45, 2.75) is 69.7 Å². The van der Waals surface area contributed by atoms with Crippen LogP contribution in [0.2, 0.25) is 0 Å². The van der Waals surface area contributed by atoms with Gasteiger partial charge < -0.3 is 9.84 Å². The second-order valence-electron chi connectivity index (χ2n) is 9.81. The van der Waals surface area contributed by atoms with E-state index in [1.54, 1.807) is 0 Å². The normalized spacial score (nSPS) is 53.4. The number of alkyl halides is 1. The zero-order chi connectivity index (χ0) is 18.9. The van der Waals surface area contributed by atoms with Crippen molar-refractivity contribution in [2.75, 3.05) is 7.11 Å². The lowest BCUT2D eigenvalue weighted by Crippen LogP contribution is -2.58. The van der Waals surface area contributed by atoms with Gasteiger partial charge in [0.15, 0.2) is 5.78 Å². The first kappa shape index (κ1) is 18.9. The van der Waals surface area contributed by atoms with E-state index in [-0.39, 0.29) is 45.5 Å². The van der Waals surface area contributed by atoms with Crippen molar-refractivity contribution in [3.63, 3.8) is 0 Å². The minimum Gasteiger partial charge on any atom is -0.469 e. The first-order chi connectivity index (χ1) is 12.2. The summed E-state index contributed by atoms with van der Waals surface area (Å²) >= 11 is 3.60. The van der Waals surface area contributed by atoms with Crippen molar-refractivity contribution in [2.24, 2.45) is 40.4 Å².